The molecule has 0 aliphatic carbocycles. The van der Waals surface area contributed by atoms with E-state index in [4.69, 9.17) is 18.9 Å². The molecule has 0 aliphatic rings. The molecule has 0 aromatic heterocycles. The van der Waals surface area contributed by atoms with Crippen molar-refractivity contribution >= 4 is 17.6 Å². The molecule has 0 radical (unpaired) electrons. The van der Waals surface area contributed by atoms with Gasteiger partial charge in [-0.05, 0) is 65.7 Å². The predicted octanol–water partition coefficient (Wildman–Crippen LogP) is 5.00. The molecule has 0 N–H and O–H groups in total. The Balaban J connectivity index is 1.85. The van der Waals surface area contributed by atoms with Crippen LogP contribution in [0, 0.1) is 11.3 Å². The van der Waals surface area contributed by atoms with Gasteiger partial charge in [-0.2, -0.15) is 5.26 Å². The van der Waals surface area contributed by atoms with Crippen LogP contribution < -0.4 is 18.9 Å². The monoisotopic (exact) mass is 415 g/mol. The van der Waals surface area contributed by atoms with Crippen molar-refractivity contribution in [3.63, 3.8) is 0 Å². The number of nitrogens with zero attached hydrogens (tertiary/aromatic N) is 1. The van der Waals surface area contributed by atoms with Gasteiger partial charge in [0.25, 0.3) is 0 Å². The fraction of sp³-hybridized carbons (Fsp3) is 0.120. The molecule has 0 unspecified atom stereocenters. The molecule has 0 saturated carbocycles. The second-order valence-corrected chi connectivity index (χ2v) is 6.41. The zero-order chi connectivity index (χ0) is 22.2. The van der Waals surface area contributed by atoms with E-state index in [1.807, 2.05) is 6.07 Å². The summed E-state index contributed by atoms with van der Waals surface area (Å²) in [4.78, 5) is 12.2. The highest BCUT2D eigenvalue weighted by Crippen LogP contribution is 2.39. The molecule has 3 aromatic rings. The highest BCUT2D eigenvalue weighted by atomic mass is 16.5. The number of nitriles is 1. The van der Waals surface area contributed by atoms with Gasteiger partial charge >= 0.3 is 5.97 Å². The number of hydrogen-bond donors (Lipinski definition) is 0. The molecule has 0 fully saturated rings. The van der Waals surface area contributed by atoms with Crippen LogP contribution in [-0.4, -0.2) is 27.3 Å². The molecule has 6 heteroatoms. The number of carbonyl (C=O) groups is 1. The molecule has 0 bridgehead atoms. The Bertz CT molecular complexity index is 1100. The molecule has 0 saturated heterocycles. The average Bonchev–Trinajstić information content (AvgIpc) is 2.82. The number of benzene rings is 3. The van der Waals surface area contributed by atoms with E-state index < -0.39 is 5.97 Å². The fourth-order valence-corrected chi connectivity index (χ4v) is 2.97. The number of ether oxygens (including phenoxy) is 4. The van der Waals surface area contributed by atoms with E-state index in [9.17, 15) is 10.1 Å². The van der Waals surface area contributed by atoms with Crippen molar-refractivity contribution in [2.24, 2.45) is 0 Å². The minimum absolute atomic E-state index is 0.391. The summed E-state index contributed by atoms with van der Waals surface area (Å²) in [6.45, 7) is 0. The Morgan fingerprint density at radius 3 is 1.97 bits per heavy atom. The third kappa shape index (κ3) is 5.03. The van der Waals surface area contributed by atoms with Crippen LogP contribution in [0.15, 0.2) is 66.7 Å². The maximum absolute atomic E-state index is 12.2. The van der Waals surface area contributed by atoms with Crippen LogP contribution >= 0.6 is 0 Å². The lowest BCUT2D eigenvalue weighted by molar-refractivity contribution is 0.0734. The summed E-state index contributed by atoms with van der Waals surface area (Å²) in [6, 6.07) is 21.2. The highest BCUT2D eigenvalue weighted by molar-refractivity contribution is 5.92. The van der Waals surface area contributed by atoms with Crippen molar-refractivity contribution in [1.29, 1.82) is 5.26 Å². The van der Waals surface area contributed by atoms with Crippen molar-refractivity contribution in [1.82, 2.24) is 0 Å². The lowest BCUT2D eigenvalue weighted by Crippen LogP contribution is -2.07. The van der Waals surface area contributed by atoms with Gasteiger partial charge in [-0.3, -0.25) is 0 Å². The second kappa shape index (κ2) is 9.99. The Kier molecular flexibility index (Phi) is 6.92. The quantitative estimate of drug-likeness (QED) is 0.234. The van der Waals surface area contributed by atoms with Crippen LogP contribution in [0.4, 0.5) is 0 Å². The zero-order valence-electron chi connectivity index (χ0n) is 17.4. The summed E-state index contributed by atoms with van der Waals surface area (Å²) < 4.78 is 21.4. The minimum Gasteiger partial charge on any atom is -0.493 e. The molecule has 6 nitrogen and oxygen atoms in total. The Hall–Kier alpha value is -4.24. The number of hydrogen-bond acceptors (Lipinski definition) is 6. The lowest BCUT2D eigenvalue weighted by atomic mass is 10.0. The van der Waals surface area contributed by atoms with E-state index in [2.05, 4.69) is 6.07 Å². The van der Waals surface area contributed by atoms with E-state index >= 15 is 0 Å². The number of rotatable bonds is 7. The molecule has 3 rings (SSSR count). The first kappa shape index (κ1) is 21.5. The largest absolute Gasteiger partial charge is 0.493 e. The van der Waals surface area contributed by atoms with Crippen molar-refractivity contribution in [2.75, 3.05) is 21.3 Å². The zero-order valence-corrected chi connectivity index (χ0v) is 17.4. The molecule has 0 spiro atoms. The third-order valence-corrected chi connectivity index (χ3v) is 4.50. The third-order valence-electron chi connectivity index (χ3n) is 4.50. The maximum Gasteiger partial charge on any atom is 0.343 e. The molecule has 3 aromatic carbocycles. The smallest absolute Gasteiger partial charge is 0.343 e. The molecular weight excluding hydrogens is 394 g/mol. The molecule has 31 heavy (non-hydrogen) atoms. The van der Waals surface area contributed by atoms with Crippen LogP contribution in [0.3, 0.4) is 0 Å². The summed E-state index contributed by atoms with van der Waals surface area (Å²) in [6.07, 6.45) is 1.72. The maximum atomic E-state index is 12.2. The molecule has 0 amide bonds. The summed E-state index contributed by atoms with van der Waals surface area (Å²) in [5, 5.41) is 9.67. The van der Waals surface area contributed by atoms with Crippen LogP contribution in [0.25, 0.3) is 11.6 Å². The van der Waals surface area contributed by atoms with Crippen LogP contribution in [0.5, 0.6) is 23.0 Å². The van der Waals surface area contributed by atoms with Gasteiger partial charge in [-0.1, -0.05) is 18.2 Å². The molecule has 0 heterocycles. The van der Waals surface area contributed by atoms with Gasteiger partial charge in [0.15, 0.2) is 11.5 Å². The topological polar surface area (TPSA) is 77.8 Å². The molecule has 156 valence electrons. The van der Waals surface area contributed by atoms with Crippen molar-refractivity contribution in [3.05, 3.63) is 83.4 Å². The predicted molar refractivity (Wildman–Crippen MR) is 117 cm³/mol. The summed E-state index contributed by atoms with van der Waals surface area (Å²) in [7, 11) is 4.60. The first-order chi connectivity index (χ1) is 15.1. The number of esters is 1. The van der Waals surface area contributed by atoms with Crippen molar-refractivity contribution in [2.45, 2.75) is 0 Å². The lowest BCUT2D eigenvalue weighted by Gasteiger charge is -2.13. The number of methoxy groups -OCH3 is 3. The average molecular weight is 415 g/mol. The van der Waals surface area contributed by atoms with E-state index in [0.717, 1.165) is 0 Å². The SMILES string of the molecule is COc1cc(/C=C(\C#N)c2ccc(OC(=O)c3ccccc3)cc2)cc(OC)c1OC. The minimum atomic E-state index is -0.443. The summed E-state index contributed by atoms with van der Waals surface area (Å²) >= 11 is 0. The first-order valence-corrected chi connectivity index (χ1v) is 9.39. The summed E-state index contributed by atoms with van der Waals surface area (Å²) in [5.41, 5.74) is 2.28. The molecular formula is C25H21NO5. The molecule has 0 aliphatic heterocycles. The van der Waals surface area contributed by atoms with Gasteiger partial charge in [0.05, 0.1) is 38.5 Å². The second-order valence-electron chi connectivity index (χ2n) is 6.41. The van der Waals surface area contributed by atoms with Crippen LogP contribution in [0.1, 0.15) is 21.5 Å². The van der Waals surface area contributed by atoms with Crippen LogP contribution in [-0.2, 0) is 0 Å². The van der Waals surface area contributed by atoms with E-state index in [0.29, 0.717) is 45.3 Å². The fourth-order valence-electron chi connectivity index (χ4n) is 2.97. The summed E-state index contributed by atoms with van der Waals surface area (Å²) in [5.74, 6) is 1.41. The standard InChI is InChI=1S/C25H21NO5/c1-28-22-14-17(15-23(29-2)24(22)30-3)13-20(16-26)18-9-11-21(12-10-18)31-25(27)19-7-5-4-6-8-19/h4-15H,1-3H3/b20-13+. The van der Waals surface area contributed by atoms with Crippen LogP contribution in [0.2, 0.25) is 0 Å². The normalized spacial score (nSPS) is 10.7. The van der Waals surface area contributed by atoms with Gasteiger partial charge in [0.2, 0.25) is 5.75 Å². The number of allylic oxidation sites excluding steroid dienone is 1. The van der Waals surface area contributed by atoms with Gasteiger partial charge in [0.1, 0.15) is 5.75 Å². The van der Waals surface area contributed by atoms with Gasteiger partial charge in [-0.25, -0.2) is 4.79 Å². The highest BCUT2D eigenvalue weighted by Gasteiger charge is 2.13. The van der Waals surface area contributed by atoms with Gasteiger partial charge in [0, 0.05) is 0 Å². The van der Waals surface area contributed by atoms with Gasteiger partial charge < -0.3 is 18.9 Å². The van der Waals surface area contributed by atoms with E-state index in [1.165, 1.54) is 21.3 Å². The van der Waals surface area contributed by atoms with Crippen molar-refractivity contribution in [3.8, 4) is 29.1 Å². The molecule has 0 atom stereocenters. The Morgan fingerprint density at radius 1 is 0.839 bits per heavy atom. The first-order valence-electron chi connectivity index (χ1n) is 9.39. The van der Waals surface area contributed by atoms with Gasteiger partial charge in [-0.15, -0.1) is 0 Å². The van der Waals surface area contributed by atoms with E-state index in [-0.39, 0.29) is 0 Å². The van der Waals surface area contributed by atoms with E-state index in [1.54, 1.807) is 66.7 Å². The number of carbonyl (C=O) groups excluding carboxylic acids is 1. The Morgan fingerprint density at radius 2 is 1.45 bits per heavy atom. The van der Waals surface area contributed by atoms with Crippen molar-refractivity contribution < 1.29 is 23.7 Å². The Labute approximate surface area is 180 Å².